The minimum Gasteiger partial charge on any atom is -0.409 e. The van der Waals surface area contributed by atoms with E-state index in [1.807, 2.05) is 0 Å². The molecule has 4 heteroatoms. The molecule has 0 aromatic heterocycles. The first-order valence-electron chi connectivity index (χ1n) is 8.00. The van der Waals surface area contributed by atoms with Gasteiger partial charge in [0.25, 0.3) is 0 Å². The second-order valence-corrected chi connectivity index (χ2v) is 6.04. The number of oxime groups is 1. The van der Waals surface area contributed by atoms with Crippen LogP contribution in [0.1, 0.15) is 44.1 Å². The first-order chi connectivity index (χ1) is 10.3. The van der Waals surface area contributed by atoms with Crippen molar-refractivity contribution in [2.45, 2.75) is 45.1 Å². The van der Waals surface area contributed by atoms with Crippen molar-refractivity contribution in [2.24, 2.45) is 16.8 Å². The van der Waals surface area contributed by atoms with Gasteiger partial charge in [-0.1, -0.05) is 48.3 Å². The lowest BCUT2D eigenvalue weighted by atomic mass is 9.91. The topological polar surface area (TPSA) is 61.8 Å². The van der Waals surface area contributed by atoms with E-state index in [1.165, 1.54) is 44.3 Å². The van der Waals surface area contributed by atoms with Gasteiger partial charge in [-0.25, -0.2) is 0 Å². The summed E-state index contributed by atoms with van der Waals surface area (Å²) in [7, 11) is 0. The molecule has 0 amide bonds. The Morgan fingerprint density at radius 1 is 1.19 bits per heavy atom. The Balaban J connectivity index is 1.60. The SMILES string of the molecule is N/C(CCCCC1CCN(Cc2ccccc2)CC1)=N\O. The molecule has 0 aliphatic carbocycles. The van der Waals surface area contributed by atoms with Crippen molar-refractivity contribution in [1.82, 2.24) is 4.90 Å². The molecular formula is C17H27N3O. The van der Waals surface area contributed by atoms with Gasteiger partial charge in [-0.05, 0) is 43.8 Å². The van der Waals surface area contributed by atoms with E-state index in [9.17, 15) is 0 Å². The van der Waals surface area contributed by atoms with E-state index in [0.29, 0.717) is 12.3 Å². The van der Waals surface area contributed by atoms with Gasteiger partial charge in [0.1, 0.15) is 5.84 Å². The Kier molecular flexibility index (Phi) is 6.54. The second kappa shape index (κ2) is 8.67. The van der Waals surface area contributed by atoms with Crippen LogP contribution in [-0.4, -0.2) is 29.0 Å². The molecule has 1 aliphatic heterocycles. The lowest BCUT2D eigenvalue weighted by Crippen LogP contribution is -2.33. The number of amidine groups is 1. The van der Waals surface area contributed by atoms with Crippen molar-refractivity contribution in [1.29, 1.82) is 0 Å². The van der Waals surface area contributed by atoms with Crippen LogP contribution < -0.4 is 5.73 Å². The maximum absolute atomic E-state index is 8.49. The summed E-state index contributed by atoms with van der Waals surface area (Å²) in [5.41, 5.74) is 6.89. The van der Waals surface area contributed by atoms with Gasteiger partial charge < -0.3 is 10.9 Å². The van der Waals surface area contributed by atoms with Crippen molar-refractivity contribution in [3.05, 3.63) is 35.9 Å². The number of likely N-dealkylation sites (tertiary alicyclic amines) is 1. The number of rotatable bonds is 7. The van der Waals surface area contributed by atoms with Gasteiger partial charge in [0.2, 0.25) is 0 Å². The summed E-state index contributed by atoms with van der Waals surface area (Å²) < 4.78 is 0. The number of benzene rings is 1. The Hall–Kier alpha value is -1.55. The zero-order valence-corrected chi connectivity index (χ0v) is 12.7. The predicted octanol–water partition coefficient (Wildman–Crippen LogP) is 3.21. The van der Waals surface area contributed by atoms with Gasteiger partial charge in [0.05, 0.1) is 0 Å². The highest BCUT2D eigenvalue weighted by Gasteiger charge is 2.18. The highest BCUT2D eigenvalue weighted by molar-refractivity contribution is 5.79. The van der Waals surface area contributed by atoms with Gasteiger partial charge in [0, 0.05) is 13.0 Å². The molecule has 4 nitrogen and oxygen atoms in total. The predicted molar refractivity (Wildman–Crippen MR) is 86.3 cm³/mol. The van der Waals surface area contributed by atoms with Crippen LogP contribution in [0, 0.1) is 5.92 Å². The quantitative estimate of drug-likeness (QED) is 0.266. The molecule has 0 spiro atoms. The number of nitrogens with zero attached hydrogens (tertiary/aromatic N) is 2. The average molecular weight is 289 g/mol. The first-order valence-corrected chi connectivity index (χ1v) is 8.00. The zero-order valence-electron chi connectivity index (χ0n) is 12.7. The van der Waals surface area contributed by atoms with Crippen LogP contribution in [0.15, 0.2) is 35.5 Å². The summed E-state index contributed by atoms with van der Waals surface area (Å²) >= 11 is 0. The number of unbranched alkanes of at least 4 members (excludes halogenated alkanes) is 1. The first kappa shape index (κ1) is 15.8. The minimum atomic E-state index is 0.354. The summed E-state index contributed by atoms with van der Waals surface area (Å²) in [6.45, 7) is 3.50. The fraction of sp³-hybridized carbons (Fsp3) is 0.588. The summed E-state index contributed by atoms with van der Waals surface area (Å²) in [5.74, 6) is 1.21. The fourth-order valence-corrected chi connectivity index (χ4v) is 3.06. The zero-order chi connectivity index (χ0) is 14.9. The molecule has 0 radical (unpaired) electrons. The summed E-state index contributed by atoms with van der Waals surface area (Å²) in [4.78, 5) is 2.56. The smallest absolute Gasteiger partial charge is 0.139 e. The maximum Gasteiger partial charge on any atom is 0.139 e. The molecule has 0 bridgehead atoms. The van der Waals surface area contributed by atoms with E-state index in [2.05, 4.69) is 40.4 Å². The lowest BCUT2D eigenvalue weighted by Gasteiger charge is -2.32. The number of piperidine rings is 1. The third-order valence-corrected chi connectivity index (χ3v) is 4.38. The van der Waals surface area contributed by atoms with Gasteiger partial charge >= 0.3 is 0 Å². The van der Waals surface area contributed by atoms with Crippen molar-refractivity contribution in [2.75, 3.05) is 13.1 Å². The van der Waals surface area contributed by atoms with Crippen LogP contribution in [0.5, 0.6) is 0 Å². The van der Waals surface area contributed by atoms with E-state index >= 15 is 0 Å². The van der Waals surface area contributed by atoms with Crippen molar-refractivity contribution in [3.63, 3.8) is 0 Å². The molecular weight excluding hydrogens is 262 g/mol. The van der Waals surface area contributed by atoms with Crippen LogP contribution in [0.4, 0.5) is 0 Å². The molecule has 1 aromatic carbocycles. The Labute approximate surface area is 127 Å². The number of hydrogen-bond acceptors (Lipinski definition) is 3. The number of nitrogens with two attached hydrogens (primary N) is 1. The molecule has 3 N–H and O–H groups in total. The molecule has 1 saturated heterocycles. The van der Waals surface area contributed by atoms with Crippen molar-refractivity contribution in [3.8, 4) is 0 Å². The van der Waals surface area contributed by atoms with Gasteiger partial charge in [-0.3, -0.25) is 4.90 Å². The normalized spacial score (nSPS) is 18.0. The second-order valence-electron chi connectivity index (χ2n) is 6.04. The van der Waals surface area contributed by atoms with Crippen molar-refractivity contribution >= 4 is 5.84 Å². The van der Waals surface area contributed by atoms with Crippen molar-refractivity contribution < 1.29 is 5.21 Å². The maximum atomic E-state index is 8.49. The molecule has 0 unspecified atom stereocenters. The van der Waals surface area contributed by atoms with Crippen LogP contribution in [0.2, 0.25) is 0 Å². The highest BCUT2D eigenvalue weighted by atomic mass is 16.4. The van der Waals surface area contributed by atoms with E-state index in [4.69, 9.17) is 10.9 Å². The van der Waals surface area contributed by atoms with Gasteiger partial charge in [-0.2, -0.15) is 0 Å². The third kappa shape index (κ3) is 5.76. The summed E-state index contributed by atoms with van der Waals surface area (Å²) in [6.07, 6.45) is 6.80. The summed E-state index contributed by atoms with van der Waals surface area (Å²) in [6, 6.07) is 10.7. The summed E-state index contributed by atoms with van der Waals surface area (Å²) in [5, 5.41) is 11.5. The lowest BCUT2D eigenvalue weighted by molar-refractivity contribution is 0.170. The fourth-order valence-electron chi connectivity index (χ4n) is 3.06. The van der Waals surface area contributed by atoms with Crippen LogP contribution in [0.3, 0.4) is 0 Å². The Morgan fingerprint density at radius 3 is 2.57 bits per heavy atom. The molecule has 2 rings (SSSR count). The van der Waals surface area contributed by atoms with Crippen LogP contribution in [0.25, 0.3) is 0 Å². The molecule has 0 saturated carbocycles. The van der Waals surface area contributed by atoms with E-state index in [1.54, 1.807) is 0 Å². The molecule has 21 heavy (non-hydrogen) atoms. The monoisotopic (exact) mass is 289 g/mol. The molecule has 1 aliphatic rings. The Morgan fingerprint density at radius 2 is 1.90 bits per heavy atom. The van der Waals surface area contributed by atoms with E-state index in [-0.39, 0.29) is 0 Å². The largest absolute Gasteiger partial charge is 0.409 e. The minimum absolute atomic E-state index is 0.354. The average Bonchev–Trinajstić information content (AvgIpc) is 2.54. The molecule has 116 valence electrons. The standard InChI is InChI=1S/C17H27N3O/c18-17(19-21)9-5-4-6-15-10-12-20(13-11-15)14-16-7-2-1-3-8-16/h1-3,7-8,15,21H,4-6,9-14H2,(H2,18,19). The molecule has 0 atom stereocenters. The number of hydrogen-bond donors (Lipinski definition) is 2. The Bertz CT molecular complexity index is 425. The van der Waals surface area contributed by atoms with Gasteiger partial charge in [0.15, 0.2) is 0 Å². The highest BCUT2D eigenvalue weighted by Crippen LogP contribution is 2.23. The molecule has 1 heterocycles. The third-order valence-electron chi connectivity index (χ3n) is 4.38. The van der Waals surface area contributed by atoms with Crippen LogP contribution in [-0.2, 0) is 6.54 Å². The van der Waals surface area contributed by atoms with Crippen LogP contribution >= 0.6 is 0 Å². The van der Waals surface area contributed by atoms with Gasteiger partial charge in [-0.15, -0.1) is 0 Å². The molecule has 1 fully saturated rings. The van der Waals surface area contributed by atoms with E-state index in [0.717, 1.165) is 18.9 Å². The molecule has 1 aromatic rings. The van der Waals surface area contributed by atoms with E-state index < -0.39 is 0 Å².